The van der Waals surface area contributed by atoms with Crippen LogP contribution in [0, 0.1) is 10.1 Å². The average molecular weight is 264 g/mol. The molecule has 0 heterocycles. The van der Waals surface area contributed by atoms with Gasteiger partial charge in [0.05, 0.1) is 12.0 Å². The van der Waals surface area contributed by atoms with Gasteiger partial charge >= 0.3 is 17.6 Å². The Balaban J connectivity index is 2.85. The number of nitro groups is 1. The van der Waals surface area contributed by atoms with Crippen LogP contribution in [-0.4, -0.2) is 34.4 Å². The van der Waals surface area contributed by atoms with Crippen molar-refractivity contribution in [3.63, 3.8) is 0 Å². The van der Waals surface area contributed by atoms with E-state index in [1.807, 2.05) is 0 Å². The van der Waals surface area contributed by atoms with E-state index in [1.54, 1.807) is 0 Å². The standard InChI is InChI=1S/C10H8N4O5/c1-19-10(16)8(13-11)9(15)12-6-2-4-7(5-3-6)14(17)18/h2-5H,1H3,(H,12,15). The van der Waals surface area contributed by atoms with Crippen LogP contribution in [0.3, 0.4) is 0 Å². The summed E-state index contributed by atoms with van der Waals surface area (Å²) in [5, 5.41) is 12.6. The van der Waals surface area contributed by atoms with Crippen LogP contribution < -0.4 is 5.32 Å². The number of non-ortho nitro benzene ring substituents is 1. The average Bonchev–Trinajstić information content (AvgIpc) is 2.39. The maximum absolute atomic E-state index is 11.5. The van der Waals surface area contributed by atoms with Crippen LogP contribution in [0.5, 0.6) is 0 Å². The number of benzene rings is 1. The Hall–Kier alpha value is -3.06. The summed E-state index contributed by atoms with van der Waals surface area (Å²) in [4.78, 5) is 34.9. The van der Waals surface area contributed by atoms with Gasteiger partial charge in [-0.25, -0.2) is 4.79 Å². The molecule has 0 aromatic heterocycles. The number of methoxy groups -OCH3 is 1. The first-order valence-corrected chi connectivity index (χ1v) is 4.85. The van der Waals surface area contributed by atoms with E-state index < -0.39 is 22.5 Å². The SMILES string of the molecule is COC(=O)C(=[N+]=[N-])C(=O)Nc1ccc([N+](=O)[O-])cc1. The van der Waals surface area contributed by atoms with Gasteiger partial charge in [0.25, 0.3) is 5.69 Å². The number of nitro benzene ring substituents is 1. The van der Waals surface area contributed by atoms with Crippen molar-refractivity contribution < 1.29 is 24.0 Å². The summed E-state index contributed by atoms with van der Waals surface area (Å²) in [6, 6.07) is 4.87. The number of ether oxygens (including phenoxy) is 1. The quantitative estimate of drug-likeness (QED) is 0.159. The Kier molecular flexibility index (Phi) is 4.44. The van der Waals surface area contributed by atoms with E-state index in [2.05, 4.69) is 14.8 Å². The molecule has 0 aliphatic heterocycles. The van der Waals surface area contributed by atoms with E-state index in [0.717, 1.165) is 7.11 Å². The second-order valence-corrected chi connectivity index (χ2v) is 3.20. The number of hydrogen-bond donors (Lipinski definition) is 1. The van der Waals surface area contributed by atoms with Crippen LogP contribution in [0.2, 0.25) is 0 Å². The van der Waals surface area contributed by atoms with Crippen molar-refractivity contribution in [2.75, 3.05) is 12.4 Å². The molecule has 0 radical (unpaired) electrons. The zero-order valence-corrected chi connectivity index (χ0v) is 9.69. The second kappa shape index (κ2) is 6.03. The Bertz CT molecular complexity index is 574. The first-order chi connectivity index (χ1) is 8.99. The number of rotatable bonds is 4. The first-order valence-electron chi connectivity index (χ1n) is 4.85. The van der Waals surface area contributed by atoms with Crippen LogP contribution >= 0.6 is 0 Å². The molecule has 1 N–H and O–H groups in total. The summed E-state index contributed by atoms with van der Waals surface area (Å²) >= 11 is 0. The van der Waals surface area contributed by atoms with Crippen molar-refractivity contribution in [3.05, 3.63) is 39.9 Å². The number of esters is 1. The van der Waals surface area contributed by atoms with Gasteiger partial charge in [-0.2, -0.15) is 4.79 Å². The van der Waals surface area contributed by atoms with E-state index in [-0.39, 0.29) is 11.4 Å². The number of anilines is 1. The normalized spacial score (nSPS) is 9.11. The number of carbonyl (C=O) groups is 2. The third-order valence-corrected chi connectivity index (χ3v) is 2.03. The zero-order valence-electron chi connectivity index (χ0n) is 9.69. The van der Waals surface area contributed by atoms with Gasteiger partial charge in [-0.3, -0.25) is 14.9 Å². The lowest BCUT2D eigenvalue weighted by molar-refractivity contribution is -0.384. The monoisotopic (exact) mass is 264 g/mol. The Morgan fingerprint density at radius 3 is 2.37 bits per heavy atom. The highest BCUT2D eigenvalue weighted by Gasteiger charge is 2.30. The Morgan fingerprint density at radius 2 is 1.95 bits per heavy atom. The molecule has 0 saturated carbocycles. The van der Waals surface area contributed by atoms with Crippen molar-refractivity contribution in [1.82, 2.24) is 0 Å². The molecule has 1 amide bonds. The van der Waals surface area contributed by atoms with E-state index in [1.165, 1.54) is 24.3 Å². The summed E-state index contributed by atoms with van der Waals surface area (Å²) in [7, 11) is 1.02. The molecule has 0 aliphatic carbocycles. The molecular formula is C10H8N4O5. The third kappa shape index (κ3) is 3.45. The molecule has 0 bridgehead atoms. The molecule has 1 aromatic carbocycles. The molecule has 98 valence electrons. The first kappa shape index (κ1) is 14.0. The summed E-state index contributed by atoms with van der Waals surface area (Å²) in [6.45, 7) is 0. The van der Waals surface area contributed by atoms with Gasteiger partial charge in [0.1, 0.15) is 0 Å². The number of nitrogens with zero attached hydrogens (tertiary/aromatic N) is 3. The maximum Gasteiger partial charge on any atom is 0.463 e. The minimum absolute atomic E-state index is 0.151. The number of amides is 1. The van der Waals surface area contributed by atoms with Crippen LogP contribution in [0.4, 0.5) is 11.4 Å². The van der Waals surface area contributed by atoms with Crippen molar-refractivity contribution in [1.29, 1.82) is 0 Å². The lowest BCUT2D eigenvalue weighted by Gasteiger charge is -2.01. The number of nitrogens with one attached hydrogen (secondary N) is 1. The molecule has 9 heteroatoms. The van der Waals surface area contributed by atoms with Gasteiger partial charge < -0.3 is 15.6 Å². The molecule has 0 spiro atoms. The Labute approximate surface area is 106 Å². The predicted octanol–water partition coefficient (Wildman–Crippen LogP) is 0.377. The van der Waals surface area contributed by atoms with E-state index >= 15 is 0 Å². The smallest absolute Gasteiger partial charge is 0.460 e. The molecule has 19 heavy (non-hydrogen) atoms. The summed E-state index contributed by atoms with van der Waals surface area (Å²) < 4.78 is 4.23. The van der Waals surface area contributed by atoms with Crippen molar-refractivity contribution in [2.45, 2.75) is 0 Å². The van der Waals surface area contributed by atoms with Gasteiger partial charge in [-0.1, -0.05) is 0 Å². The van der Waals surface area contributed by atoms with Crippen molar-refractivity contribution in [2.24, 2.45) is 0 Å². The maximum atomic E-state index is 11.5. The molecule has 9 nitrogen and oxygen atoms in total. The van der Waals surface area contributed by atoms with E-state index in [4.69, 9.17) is 5.53 Å². The summed E-state index contributed by atoms with van der Waals surface area (Å²) in [6.07, 6.45) is 0. The van der Waals surface area contributed by atoms with Crippen LogP contribution in [0.1, 0.15) is 0 Å². The summed E-state index contributed by atoms with van der Waals surface area (Å²) in [5.74, 6) is -2.11. The molecule has 1 aromatic rings. The molecule has 1 rings (SSSR count). The lowest BCUT2D eigenvalue weighted by atomic mass is 10.2. The fraction of sp³-hybridized carbons (Fsp3) is 0.100. The minimum atomic E-state index is -1.11. The predicted molar refractivity (Wildman–Crippen MR) is 62.4 cm³/mol. The van der Waals surface area contributed by atoms with E-state index in [9.17, 15) is 19.7 Å². The molecule has 0 unspecified atom stereocenters. The number of carbonyl (C=O) groups excluding carboxylic acids is 2. The highest BCUT2D eigenvalue weighted by atomic mass is 16.6. The van der Waals surface area contributed by atoms with Gasteiger partial charge in [0, 0.05) is 17.8 Å². The number of hydrogen-bond acceptors (Lipinski definition) is 5. The molecule has 0 saturated heterocycles. The highest BCUT2D eigenvalue weighted by Crippen LogP contribution is 2.15. The van der Waals surface area contributed by atoms with Gasteiger partial charge in [-0.05, 0) is 12.1 Å². The minimum Gasteiger partial charge on any atom is -0.460 e. The van der Waals surface area contributed by atoms with Gasteiger partial charge in [-0.15, -0.1) is 0 Å². The molecule has 0 fully saturated rings. The second-order valence-electron chi connectivity index (χ2n) is 3.20. The van der Waals surface area contributed by atoms with Gasteiger partial charge in [0.2, 0.25) is 0 Å². The van der Waals surface area contributed by atoms with Gasteiger partial charge in [0.15, 0.2) is 0 Å². The van der Waals surface area contributed by atoms with Crippen molar-refractivity contribution in [3.8, 4) is 0 Å². The van der Waals surface area contributed by atoms with Crippen LogP contribution in [-0.2, 0) is 14.3 Å². The lowest BCUT2D eigenvalue weighted by Crippen LogP contribution is -2.31. The fourth-order valence-electron chi connectivity index (χ4n) is 1.13. The highest BCUT2D eigenvalue weighted by molar-refractivity contribution is 6.63. The molecular weight excluding hydrogens is 256 g/mol. The summed E-state index contributed by atoms with van der Waals surface area (Å²) in [5.41, 5.74) is 7.74. The topological polar surface area (TPSA) is 135 Å². The fourth-order valence-corrected chi connectivity index (χ4v) is 1.13. The molecule has 0 aliphatic rings. The largest absolute Gasteiger partial charge is 0.463 e. The zero-order chi connectivity index (χ0) is 14.4. The van der Waals surface area contributed by atoms with Crippen LogP contribution in [0.25, 0.3) is 5.53 Å². The van der Waals surface area contributed by atoms with Crippen molar-refractivity contribution >= 4 is 29.0 Å². The Morgan fingerprint density at radius 1 is 1.37 bits per heavy atom. The third-order valence-electron chi connectivity index (χ3n) is 2.03. The van der Waals surface area contributed by atoms with E-state index in [0.29, 0.717) is 0 Å². The molecule has 0 atom stereocenters. The van der Waals surface area contributed by atoms with Crippen LogP contribution in [0.15, 0.2) is 24.3 Å².